The Balaban J connectivity index is 2.84. The van der Waals surface area contributed by atoms with Crippen molar-refractivity contribution in [2.75, 3.05) is 0 Å². The van der Waals surface area contributed by atoms with Crippen molar-refractivity contribution in [2.45, 2.75) is 46.1 Å². The zero-order valence-corrected chi connectivity index (χ0v) is 12.5. The van der Waals surface area contributed by atoms with Gasteiger partial charge in [-0.25, -0.2) is 0 Å². The summed E-state index contributed by atoms with van der Waals surface area (Å²) < 4.78 is 1.55. The van der Waals surface area contributed by atoms with Crippen molar-refractivity contribution in [3.8, 4) is 0 Å². The van der Waals surface area contributed by atoms with E-state index in [-0.39, 0.29) is 5.69 Å². The van der Waals surface area contributed by atoms with Crippen LogP contribution < -0.4 is 5.56 Å². The average Bonchev–Trinajstić information content (AvgIpc) is 2.47. The van der Waals surface area contributed by atoms with Crippen LogP contribution in [0.1, 0.15) is 38.7 Å². The largest absolute Gasteiger partial charge is 0.337 e. The molecule has 0 amide bonds. The molecule has 0 N–H and O–H groups in total. The first-order chi connectivity index (χ1) is 10.1. The molecule has 0 unspecified atom stereocenters. The predicted octanol–water partition coefficient (Wildman–Crippen LogP) is 3.66. The lowest BCUT2D eigenvalue weighted by molar-refractivity contribution is -0.387. The van der Waals surface area contributed by atoms with Crippen molar-refractivity contribution in [2.24, 2.45) is 0 Å². The van der Waals surface area contributed by atoms with Crippen molar-refractivity contribution in [3.63, 3.8) is 0 Å². The lowest BCUT2D eigenvalue weighted by Crippen LogP contribution is -2.25. The zero-order valence-electron chi connectivity index (χ0n) is 12.5. The summed E-state index contributed by atoms with van der Waals surface area (Å²) >= 11 is 0. The topological polar surface area (TPSA) is 65.1 Å². The molecule has 2 rings (SSSR count). The molecule has 0 aliphatic rings. The highest BCUT2D eigenvalue weighted by Crippen LogP contribution is 2.26. The van der Waals surface area contributed by atoms with Crippen LogP contribution in [0.25, 0.3) is 10.9 Å². The van der Waals surface area contributed by atoms with Crippen LogP contribution in [-0.4, -0.2) is 9.49 Å². The van der Waals surface area contributed by atoms with Gasteiger partial charge in [0.05, 0.1) is 10.4 Å². The van der Waals surface area contributed by atoms with Gasteiger partial charge >= 0.3 is 11.2 Å². The molecule has 1 aromatic heterocycles. The standard InChI is InChI=1S/C16H20N2O3/c1-3-5-11-17-14-10-7-6-9-12(14)13(8-4-2)15(16(17)19)18(20)21/h6-7,9-10H,3-5,8,11H2,1-2H3. The lowest BCUT2D eigenvalue weighted by Gasteiger charge is -2.13. The molecular formula is C16H20N2O3. The summed E-state index contributed by atoms with van der Waals surface area (Å²) in [7, 11) is 0. The second kappa shape index (κ2) is 6.52. The maximum atomic E-state index is 12.5. The van der Waals surface area contributed by atoms with E-state index >= 15 is 0 Å². The van der Waals surface area contributed by atoms with Crippen LogP contribution >= 0.6 is 0 Å². The van der Waals surface area contributed by atoms with Gasteiger partial charge in [-0.15, -0.1) is 0 Å². The van der Waals surface area contributed by atoms with E-state index in [1.54, 1.807) is 4.57 Å². The third kappa shape index (κ3) is 2.82. The van der Waals surface area contributed by atoms with Crippen LogP contribution in [0.15, 0.2) is 29.1 Å². The quantitative estimate of drug-likeness (QED) is 0.602. The third-order valence-corrected chi connectivity index (χ3v) is 3.67. The minimum absolute atomic E-state index is 0.258. The van der Waals surface area contributed by atoms with Crippen molar-refractivity contribution in [1.29, 1.82) is 0 Å². The molecule has 0 radical (unpaired) electrons. The van der Waals surface area contributed by atoms with E-state index < -0.39 is 10.5 Å². The van der Waals surface area contributed by atoms with Crippen molar-refractivity contribution >= 4 is 16.6 Å². The molecule has 0 bridgehead atoms. The first-order valence-electron chi connectivity index (χ1n) is 7.40. The van der Waals surface area contributed by atoms with E-state index in [4.69, 9.17) is 0 Å². The molecule has 0 aliphatic carbocycles. The first-order valence-corrected chi connectivity index (χ1v) is 7.40. The second-order valence-corrected chi connectivity index (χ2v) is 5.16. The molecule has 0 spiro atoms. The summed E-state index contributed by atoms with van der Waals surface area (Å²) in [5.74, 6) is 0. The van der Waals surface area contributed by atoms with E-state index in [1.165, 1.54) is 0 Å². The normalized spacial score (nSPS) is 11.0. The van der Waals surface area contributed by atoms with Gasteiger partial charge in [0.25, 0.3) is 0 Å². The van der Waals surface area contributed by atoms with Crippen LogP contribution in [0, 0.1) is 10.1 Å². The summed E-state index contributed by atoms with van der Waals surface area (Å²) in [5.41, 5.74) is 0.628. The number of fused-ring (bicyclic) bond motifs is 1. The van der Waals surface area contributed by atoms with E-state index in [2.05, 4.69) is 0 Å². The monoisotopic (exact) mass is 288 g/mol. The van der Waals surface area contributed by atoms with E-state index in [0.717, 1.165) is 30.2 Å². The number of hydrogen-bond acceptors (Lipinski definition) is 3. The van der Waals surface area contributed by atoms with Gasteiger partial charge in [-0.3, -0.25) is 14.9 Å². The van der Waals surface area contributed by atoms with Gasteiger partial charge in [-0.05, 0) is 18.9 Å². The number of para-hydroxylation sites is 1. The van der Waals surface area contributed by atoms with Gasteiger partial charge in [0.15, 0.2) is 0 Å². The number of benzene rings is 1. The predicted molar refractivity (Wildman–Crippen MR) is 83.8 cm³/mol. The molecule has 5 nitrogen and oxygen atoms in total. The van der Waals surface area contributed by atoms with Gasteiger partial charge in [0.1, 0.15) is 0 Å². The molecule has 2 aromatic rings. The summed E-state index contributed by atoms with van der Waals surface area (Å²) in [5, 5.41) is 12.2. The number of unbranched alkanes of at least 4 members (excludes halogenated alkanes) is 1. The van der Waals surface area contributed by atoms with Crippen LogP contribution in [0.4, 0.5) is 5.69 Å². The molecule has 5 heteroatoms. The van der Waals surface area contributed by atoms with Crippen molar-refractivity contribution in [1.82, 2.24) is 4.57 Å². The van der Waals surface area contributed by atoms with E-state index in [0.29, 0.717) is 18.5 Å². The van der Waals surface area contributed by atoms with E-state index in [9.17, 15) is 14.9 Å². The summed E-state index contributed by atoms with van der Waals surface area (Å²) in [4.78, 5) is 23.4. The SMILES string of the molecule is CCCCn1c(=O)c([N+](=O)[O-])c(CCC)c2ccccc21. The summed E-state index contributed by atoms with van der Waals surface area (Å²) in [6, 6.07) is 7.47. The second-order valence-electron chi connectivity index (χ2n) is 5.16. The molecule has 1 heterocycles. The Hall–Kier alpha value is -2.17. The Morgan fingerprint density at radius 1 is 1.19 bits per heavy atom. The van der Waals surface area contributed by atoms with Gasteiger partial charge < -0.3 is 4.57 Å². The lowest BCUT2D eigenvalue weighted by atomic mass is 10.0. The van der Waals surface area contributed by atoms with Crippen LogP contribution in [0.5, 0.6) is 0 Å². The van der Waals surface area contributed by atoms with Crippen LogP contribution in [-0.2, 0) is 13.0 Å². The highest BCUT2D eigenvalue weighted by molar-refractivity contribution is 5.85. The summed E-state index contributed by atoms with van der Waals surface area (Å²) in [6.45, 7) is 4.51. The number of aryl methyl sites for hydroxylation is 2. The Kier molecular flexibility index (Phi) is 4.73. The fourth-order valence-electron chi connectivity index (χ4n) is 2.69. The molecule has 0 aliphatic heterocycles. The summed E-state index contributed by atoms with van der Waals surface area (Å²) in [6.07, 6.45) is 3.07. The maximum Gasteiger partial charge on any atom is 0.337 e. The van der Waals surface area contributed by atoms with Gasteiger partial charge in [-0.1, -0.05) is 44.9 Å². The Bertz CT molecular complexity index is 719. The van der Waals surface area contributed by atoms with Crippen LogP contribution in [0.2, 0.25) is 0 Å². The van der Waals surface area contributed by atoms with Crippen LogP contribution in [0.3, 0.4) is 0 Å². The Morgan fingerprint density at radius 3 is 2.52 bits per heavy atom. The molecule has 0 saturated heterocycles. The number of nitrogens with zero attached hydrogens (tertiary/aromatic N) is 2. The highest BCUT2D eigenvalue weighted by atomic mass is 16.6. The Labute approximate surface area is 123 Å². The van der Waals surface area contributed by atoms with Crippen molar-refractivity contribution < 1.29 is 4.92 Å². The van der Waals surface area contributed by atoms with Gasteiger partial charge in [-0.2, -0.15) is 0 Å². The molecular weight excluding hydrogens is 268 g/mol. The minimum Gasteiger partial charge on any atom is -0.302 e. The zero-order chi connectivity index (χ0) is 15.4. The van der Waals surface area contributed by atoms with Crippen molar-refractivity contribution in [3.05, 3.63) is 50.3 Å². The molecule has 0 fully saturated rings. The number of nitro groups is 1. The fourth-order valence-corrected chi connectivity index (χ4v) is 2.69. The smallest absolute Gasteiger partial charge is 0.302 e. The molecule has 0 saturated carbocycles. The maximum absolute atomic E-state index is 12.5. The van der Waals surface area contributed by atoms with Gasteiger partial charge in [0.2, 0.25) is 0 Å². The van der Waals surface area contributed by atoms with E-state index in [1.807, 2.05) is 38.1 Å². The van der Waals surface area contributed by atoms with Gasteiger partial charge in [0, 0.05) is 17.5 Å². The number of rotatable bonds is 6. The number of aromatic nitrogens is 1. The Morgan fingerprint density at radius 2 is 1.90 bits per heavy atom. The highest BCUT2D eigenvalue weighted by Gasteiger charge is 2.24. The number of pyridine rings is 1. The third-order valence-electron chi connectivity index (χ3n) is 3.67. The number of hydrogen-bond donors (Lipinski definition) is 0. The molecule has 21 heavy (non-hydrogen) atoms. The molecule has 1 aromatic carbocycles. The average molecular weight is 288 g/mol. The first kappa shape index (κ1) is 15.2. The molecule has 112 valence electrons. The molecule has 0 atom stereocenters. The minimum atomic E-state index is -0.526. The fraction of sp³-hybridized carbons (Fsp3) is 0.438.